The van der Waals surface area contributed by atoms with E-state index in [0.29, 0.717) is 17.5 Å². The number of carbonyl (C=O) groups excluding carboxylic acids is 1. The van der Waals surface area contributed by atoms with Crippen LogP contribution in [0.15, 0.2) is 10.6 Å². The summed E-state index contributed by atoms with van der Waals surface area (Å²) in [6.45, 7) is 4.09. The zero-order chi connectivity index (χ0) is 12.7. The molecule has 0 radical (unpaired) electrons. The molecule has 2 aliphatic rings. The molecule has 1 aliphatic heterocycles. The van der Waals surface area contributed by atoms with Gasteiger partial charge in [0.1, 0.15) is 5.76 Å². The lowest BCUT2D eigenvalue weighted by atomic mass is 10.1. The molecule has 0 aromatic carbocycles. The van der Waals surface area contributed by atoms with Gasteiger partial charge in [0, 0.05) is 31.1 Å². The van der Waals surface area contributed by atoms with Crippen molar-refractivity contribution in [2.24, 2.45) is 5.92 Å². The van der Waals surface area contributed by atoms with Crippen LogP contribution in [0.1, 0.15) is 41.9 Å². The van der Waals surface area contributed by atoms with E-state index in [1.807, 2.05) is 0 Å². The fourth-order valence-corrected chi connectivity index (χ4v) is 2.60. The van der Waals surface area contributed by atoms with Gasteiger partial charge >= 0.3 is 0 Å². The van der Waals surface area contributed by atoms with E-state index in [1.54, 1.807) is 6.07 Å². The van der Waals surface area contributed by atoms with Crippen LogP contribution in [0.2, 0.25) is 0 Å². The highest BCUT2D eigenvalue weighted by Crippen LogP contribution is 2.40. The van der Waals surface area contributed by atoms with E-state index >= 15 is 0 Å². The van der Waals surface area contributed by atoms with Crippen LogP contribution in [-0.2, 0) is 0 Å². The molecule has 5 nitrogen and oxygen atoms in total. The van der Waals surface area contributed by atoms with Gasteiger partial charge in [-0.3, -0.25) is 4.79 Å². The van der Waals surface area contributed by atoms with Crippen LogP contribution in [0.5, 0.6) is 0 Å². The molecular formula is C13H19N3O2. The van der Waals surface area contributed by atoms with E-state index in [2.05, 4.69) is 29.3 Å². The van der Waals surface area contributed by atoms with Crippen molar-refractivity contribution < 1.29 is 9.32 Å². The number of aromatic nitrogens is 1. The summed E-state index contributed by atoms with van der Waals surface area (Å²) < 4.78 is 5.20. The van der Waals surface area contributed by atoms with Crippen molar-refractivity contribution in [2.75, 3.05) is 20.1 Å². The van der Waals surface area contributed by atoms with Crippen LogP contribution in [0, 0.1) is 5.92 Å². The van der Waals surface area contributed by atoms with Gasteiger partial charge in [-0.25, -0.2) is 0 Å². The molecule has 2 atom stereocenters. The second kappa shape index (κ2) is 4.39. The maximum atomic E-state index is 12.1. The third kappa shape index (κ3) is 2.27. The average Bonchev–Trinajstić information content (AvgIpc) is 2.96. The molecule has 1 saturated heterocycles. The Kier molecular flexibility index (Phi) is 2.86. The van der Waals surface area contributed by atoms with Gasteiger partial charge in [-0.05, 0) is 25.8 Å². The summed E-state index contributed by atoms with van der Waals surface area (Å²) in [5, 5.41) is 6.91. The van der Waals surface area contributed by atoms with Gasteiger partial charge in [0.25, 0.3) is 5.91 Å². The number of likely N-dealkylation sites (N-methyl/N-ethyl adjacent to an activating group) is 1. The third-order valence-electron chi connectivity index (χ3n) is 3.85. The molecule has 98 valence electrons. The van der Waals surface area contributed by atoms with Crippen molar-refractivity contribution in [1.82, 2.24) is 15.4 Å². The first-order valence-corrected chi connectivity index (χ1v) is 6.59. The average molecular weight is 249 g/mol. The Morgan fingerprint density at radius 2 is 2.28 bits per heavy atom. The second-order valence-corrected chi connectivity index (χ2v) is 5.67. The maximum absolute atomic E-state index is 12.1. The fraction of sp³-hybridized carbons (Fsp3) is 0.692. The first-order chi connectivity index (χ1) is 8.63. The highest BCUT2D eigenvalue weighted by atomic mass is 16.5. The summed E-state index contributed by atoms with van der Waals surface area (Å²) >= 11 is 0. The molecule has 5 heteroatoms. The predicted octanol–water partition coefficient (Wildman–Crippen LogP) is 1.23. The summed E-state index contributed by atoms with van der Waals surface area (Å²) in [6, 6.07) is 2.00. The predicted molar refractivity (Wildman–Crippen MR) is 66.4 cm³/mol. The van der Waals surface area contributed by atoms with Crippen molar-refractivity contribution in [3.8, 4) is 0 Å². The number of rotatable bonds is 3. The second-order valence-electron chi connectivity index (χ2n) is 5.67. The highest BCUT2D eigenvalue weighted by molar-refractivity contribution is 5.92. The molecule has 1 aromatic rings. The Bertz CT molecular complexity index is 453. The number of amides is 1. The lowest BCUT2D eigenvalue weighted by Crippen LogP contribution is -2.39. The summed E-state index contributed by atoms with van der Waals surface area (Å²) in [5.74, 6) is 1.72. The minimum Gasteiger partial charge on any atom is -0.360 e. The van der Waals surface area contributed by atoms with Gasteiger partial charge < -0.3 is 14.7 Å². The van der Waals surface area contributed by atoms with Gasteiger partial charge in [-0.2, -0.15) is 0 Å². The van der Waals surface area contributed by atoms with Crippen LogP contribution in [0.4, 0.5) is 0 Å². The molecule has 0 unspecified atom stereocenters. The molecule has 2 fully saturated rings. The van der Waals surface area contributed by atoms with Crippen LogP contribution in [-0.4, -0.2) is 42.1 Å². The van der Waals surface area contributed by atoms with Gasteiger partial charge in [-0.15, -0.1) is 0 Å². The van der Waals surface area contributed by atoms with Crippen molar-refractivity contribution in [1.29, 1.82) is 0 Å². The minimum absolute atomic E-state index is 0.113. The smallest absolute Gasteiger partial charge is 0.273 e. The van der Waals surface area contributed by atoms with Crippen LogP contribution in [0.25, 0.3) is 0 Å². The molecule has 1 saturated carbocycles. The van der Waals surface area contributed by atoms with Crippen molar-refractivity contribution in [2.45, 2.75) is 31.7 Å². The molecule has 1 N–H and O–H groups in total. The van der Waals surface area contributed by atoms with E-state index < -0.39 is 0 Å². The number of hydrogen-bond acceptors (Lipinski definition) is 4. The lowest BCUT2D eigenvalue weighted by Gasteiger charge is -2.15. The molecule has 2 heterocycles. The summed E-state index contributed by atoms with van der Waals surface area (Å²) in [5.41, 5.74) is 0.415. The van der Waals surface area contributed by atoms with Crippen molar-refractivity contribution in [3.63, 3.8) is 0 Å². The number of carbonyl (C=O) groups is 1. The van der Waals surface area contributed by atoms with E-state index in [0.717, 1.165) is 31.7 Å². The Hall–Kier alpha value is -1.36. The van der Waals surface area contributed by atoms with Gasteiger partial charge in [0.15, 0.2) is 5.69 Å². The quantitative estimate of drug-likeness (QED) is 0.875. The summed E-state index contributed by atoms with van der Waals surface area (Å²) in [6.07, 6.45) is 2.31. The van der Waals surface area contributed by atoms with E-state index in [-0.39, 0.29) is 11.9 Å². The van der Waals surface area contributed by atoms with Crippen LogP contribution >= 0.6 is 0 Å². The monoisotopic (exact) mass is 249 g/mol. The first kappa shape index (κ1) is 11.7. The summed E-state index contributed by atoms with van der Waals surface area (Å²) in [7, 11) is 2.07. The minimum atomic E-state index is -0.113. The van der Waals surface area contributed by atoms with Crippen LogP contribution in [0.3, 0.4) is 0 Å². The first-order valence-electron chi connectivity index (χ1n) is 6.59. The van der Waals surface area contributed by atoms with E-state index in [9.17, 15) is 4.79 Å². The standard InChI is InChI=1S/C13H19N3O2/c1-8-6-16(2)7-11(8)14-13(17)10-5-12(18-15-10)9-3-4-9/h5,8-9,11H,3-4,6-7H2,1-2H3,(H,14,17)/t8-,11-/m0/s1. The number of likely N-dealkylation sites (tertiary alicyclic amines) is 1. The molecule has 1 aliphatic carbocycles. The largest absolute Gasteiger partial charge is 0.360 e. The van der Waals surface area contributed by atoms with E-state index in [4.69, 9.17) is 4.52 Å². The number of hydrogen-bond donors (Lipinski definition) is 1. The number of nitrogens with zero attached hydrogens (tertiary/aromatic N) is 2. The highest BCUT2D eigenvalue weighted by Gasteiger charge is 2.31. The molecule has 0 bridgehead atoms. The van der Waals surface area contributed by atoms with Crippen molar-refractivity contribution in [3.05, 3.63) is 17.5 Å². The Morgan fingerprint density at radius 1 is 1.50 bits per heavy atom. The SMILES string of the molecule is C[C@H]1CN(C)C[C@@H]1NC(=O)c1cc(C2CC2)on1. The molecular weight excluding hydrogens is 230 g/mol. The van der Waals surface area contributed by atoms with Crippen molar-refractivity contribution >= 4 is 5.91 Å². The molecule has 3 rings (SSSR count). The normalized spacial score (nSPS) is 28.6. The van der Waals surface area contributed by atoms with Gasteiger partial charge in [-0.1, -0.05) is 12.1 Å². The number of nitrogens with one attached hydrogen (secondary N) is 1. The zero-order valence-electron chi connectivity index (χ0n) is 10.8. The molecule has 1 aromatic heterocycles. The Morgan fingerprint density at radius 3 is 2.89 bits per heavy atom. The van der Waals surface area contributed by atoms with Crippen LogP contribution < -0.4 is 5.32 Å². The summed E-state index contributed by atoms with van der Waals surface area (Å²) in [4.78, 5) is 14.3. The maximum Gasteiger partial charge on any atom is 0.273 e. The fourth-order valence-electron chi connectivity index (χ4n) is 2.60. The molecule has 1 amide bonds. The Labute approximate surface area is 107 Å². The van der Waals surface area contributed by atoms with Gasteiger partial charge in [0.05, 0.1) is 0 Å². The third-order valence-corrected chi connectivity index (χ3v) is 3.85. The lowest BCUT2D eigenvalue weighted by molar-refractivity contribution is 0.0922. The topological polar surface area (TPSA) is 58.4 Å². The Balaban J connectivity index is 1.63. The molecule has 18 heavy (non-hydrogen) atoms. The zero-order valence-corrected chi connectivity index (χ0v) is 10.8. The molecule has 0 spiro atoms. The van der Waals surface area contributed by atoms with E-state index in [1.165, 1.54) is 0 Å². The van der Waals surface area contributed by atoms with Gasteiger partial charge in [0.2, 0.25) is 0 Å².